The smallest absolute Gasteiger partial charge is 0.281 e. The Morgan fingerprint density at radius 3 is 2.80 bits per heavy atom. The number of rotatable bonds is 4. The van der Waals surface area contributed by atoms with Crippen LogP contribution in [0.2, 0.25) is 5.02 Å². The summed E-state index contributed by atoms with van der Waals surface area (Å²) in [6, 6.07) is 4.66. The van der Waals surface area contributed by atoms with Crippen molar-refractivity contribution < 1.29 is 13.5 Å². The number of H-pyrrole nitrogens is 1. The molecular weight excluding hydrogens is 370 g/mol. The van der Waals surface area contributed by atoms with Gasteiger partial charge in [-0.3, -0.25) is 9.82 Å². The van der Waals surface area contributed by atoms with Gasteiger partial charge in [0.25, 0.3) is 10.0 Å². The van der Waals surface area contributed by atoms with Gasteiger partial charge in [-0.15, -0.1) is 0 Å². The molecule has 0 atom stereocenters. The molecule has 20 heavy (non-hydrogen) atoms. The lowest BCUT2D eigenvalue weighted by molar-refractivity contribution is 0.277. The Balaban J connectivity index is 2.38. The Bertz CT molecular complexity index is 745. The maximum Gasteiger partial charge on any atom is 0.281 e. The largest absolute Gasteiger partial charge is 0.392 e. The van der Waals surface area contributed by atoms with E-state index in [2.05, 4.69) is 30.8 Å². The summed E-state index contributed by atoms with van der Waals surface area (Å²) in [5.74, 6) is 0. The van der Waals surface area contributed by atoms with Crippen molar-refractivity contribution in [2.75, 3.05) is 4.72 Å². The van der Waals surface area contributed by atoms with Crippen LogP contribution in [0.4, 0.5) is 5.69 Å². The van der Waals surface area contributed by atoms with E-state index in [1.165, 1.54) is 6.07 Å². The molecule has 1 aromatic carbocycles. The summed E-state index contributed by atoms with van der Waals surface area (Å²) in [6.45, 7) is 1.22. The number of sulfonamides is 1. The van der Waals surface area contributed by atoms with E-state index in [1.54, 1.807) is 19.1 Å². The van der Waals surface area contributed by atoms with E-state index in [-0.39, 0.29) is 10.6 Å². The molecule has 0 radical (unpaired) electrons. The zero-order valence-corrected chi connectivity index (χ0v) is 13.5. The van der Waals surface area contributed by atoms with Gasteiger partial charge in [-0.2, -0.15) is 13.5 Å². The minimum atomic E-state index is -3.89. The molecule has 0 aliphatic heterocycles. The normalized spacial score (nSPS) is 11.6. The predicted molar refractivity (Wildman–Crippen MR) is 79.2 cm³/mol. The molecule has 108 valence electrons. The van der Waals surface area contributed by atoms with Crippen molar-refractivity contribution >= 4 is 43.2 Å². The Hall–Kier alpha value is -1.09. The number of anilines is 1. The van der Waals surface area contributed by atoms with Crippen molar-refractivity contribution in [1.29, 1.82) is 0 Å². The van der Waals surface area contributed by atoms with Crippen molar-refractivity contribution in [3.05, 3.63) is 39.0 Å². The summed E-state index contributed by atoms with van der Waals surface area (Å²) < 4.78 is 27.5. The van der Waals surface area contributed by atoms with Gasteiger partial charge < -0.3 is 5.11 Å². The first kappa shape index (κ1) is 15.3. The van der Waals surface area contributed by atoms with Crippen molar-refractivity contribution in [3.63, 3.8) is 0 Å². The number of nitrogens with one attached hydrogen (secondary N) is 2. The molecule has 0 saturated heterocycles. The van der Waals surface area contributed by atoms with Gasteiger partial charge in [-0.25, -0.2) is 0 Å². The molecule has 1 heterocycles. The van der Waals surface area contributed by atoms with E-state index in [9.17, 15) is 13.5 Å². The number of benzene rings is 1. The van der Waals surface area contributed by atoms with Crippen molar-refractivity contribution in [3.8, 4) is 0 Å². The second-order valence-electron chi connectivity index (χ2n) is 4.02. The van der Waals surface area contributed by atoms with Gasteiger partial charge in [0.15, 0.2) is 0 Å². The molecule has 0 aliphatic rings. The third kappa shape index (κ3) is 2.98. The minimum absolute atomic E-state index is 0.225. The van der Waals surface area contributed by atoms with E-state index in [0.717, 1.165) is 0 Å². The molecule has 0 fully saturated rings. The number of hydrogen-bond acceptors (Lipinski definition) is 4. The van der Waals surface area contributed by atoms with Gasteiger partial charge in [0.2, 0.25) is 5.03 Å². The SMILES string of the molecule is Cc1[nH]nc(S(=O)(=O)Nc2ccc(Br)c(Cl)c2)c1CO. The highest BCUT2D eigenvalue weighted by Gasteiger charge is 2.23. The molecule has 2 rings (SSSR count). The minimum Gasteiger partial charge on any atom is -0.392 e. The first-order valence-corrected chi connectivity index (χ1v) is 8.13. The average molecular weight is 381 g/mol. The number of halogens is 2. The number of aliphatic hydroxyl groups excluding tert-OH is 1. The molecule has 0 spiro atoms. The lowest BCUT2D eigenvalue weighted by Crippen LogP contribution is -2.15. The Morgan fingerprint density at radius 2 is 2.20 bits per heavy atom. The molecule has 6 nitrogen and oxygen atoms in total. The summed E-state index contributed by atoms with van der Waals surface area (Å²) in [5.41, 5.74) is 1.05. The molecule has 3 N–H and O–H groups in total. The molecule has 0 saturated carbocycles. The zero-order chi connectivity index (χ0) is 14.9. The number of aliphatic hydroxyl groups is 1. The highest BCUT2D eigenvalue weighted by molar-refractivity contribution is 9.10. The highest BCUT2D eigenvalue weighted by atomic mass is 79.9. The topological polar surface area (TPSA) is 95.1 Å². The number of aromatic amines is 1. The number of aromatic nitrogens is 2. The molecule has 1 aromatic heterocycles. The molecule has 0 amide bonds. The number of nitrogens with zero attached hydrogens (tertiary/aromatic N) is 1. The fourth-order valence-corrected chi connectivity index (χ4v) is 3.27. The van der Waals surface area contributed by atoms with E-state index < -0.39 is 16.6 Å². The number of aryl methyl sites for hydroxylation is 1. The van der Waals surface area contributed by atoms with Gasteiger partial charge in [-0.05, 0) is 41.1 Å². The monoisotopic (exact) mass is 379 g/mol. The second-order valence-corrected chi connectivity index (χ2v) is 6.88. The average Bonchev–Trinajstić information content (AvgIpc) is 2.75. The van der Waals surface area contributed by atoms with E-state index in [0.29, 0.717) is 20.9 Å². The van der Waals surface area contributed by atoms with Crippen LogP contribution in [0.1, 0.15) is 11.3 Å². The van der Waals surface area contributed by atoms with Crippen LogP contribution in [0.5, 0.6) is 0 Å². The van der Waals surface area contributed by atoms with Crippen LogP contribution in [0.15, 0.2) is 27.7 Å². The van der Waals surface area contributed by atoms with Crippen molar-refractivity contribution in [2.45, 2.75) is 18.6 Å². The van der Waals surface area contributed by atoms with E-state index in [1.807, 2.05) is 0 Å². The third-order valence-corrected chi connectivity index (χ3v) is 5.20. The highest BCUT2D eigenvalue weighted by Crippen LogP contribution is 2.27. The first-order valence-electron chi connectivity index (χ1n) is 5.47. The summed E-state index contributed by atoms with van der Waals surface area (Å²) in [7, 11) is -3.89. The van der Waals surface area contributed by atoms with Crippen LogP contribution in [0, 0.1) is 6.92 Å². The van der Waals surface area contributed by atoms with Crippen LogP contribution in [0.3, 0.4) is 0 Å². The van der Waals surface area contributed by atoms with Crippen LogP contribution in [-0.2, 0) is 16.6 Å². The molecular formula is C11H11BrClN3O3S. The predicted octanol–water partition coefficient (Wildman–Crippen LogP) is 2.43. The lowest BCUT2D eigenvalue weighted by Gasteiger charge is -2.08. The van der Waals surface area contributed by atoms with Crippen LogP contribution in [0.25, 0.3) is 0 Å². The zero-order valence-electron chi connectivity index (χ0n) is 10.3. The van der Waals surface area contributed by atoms with Gasteiger partial charge in [0.1, 0.15) is 0 Å². The van der Waals surface area contributed by atoms with E-state index in [4.69, 9.17) is 11.6 Å². The Kier molecular flexibility index (Phi) is 4.38. The van der Waals surface area contributed by atoms with Crippen LogP contribution in [-0.4, -0.2) is 23.7 Å². The Labute approximate surface area is 129 Å². The summed E-state index contributed by atoms with van der Waals surface area (Å²) in [4.78, 5) is 0. The van der Waals surface area contributed by atoms with Gasteiger partial charge >= 0.3 is 0 Å². The first-order chi connectivity index (χ1) is 9.35. The molecule has 0 bridgehead atoms. The maximum absolute atomic E-state index is 12.2. The van der Waals surface area contributed by atoms with Gasteiger partial charge in [0, 0.05) is 15.7 Å². The molecule has 2 aromatic rings. The van der Waals surface area contributed by atoms with Gasteiger partial charge in [0.05, 0.1) is 17.3 Å². The molecule has 0 aliphatic carbocycles. The van der Waals surface area contributed by atoms with Gasteiger partial charge in [-0.1, -0.05) is 11.6 Å². The van der Waals surface area contributed by atoms with Crippen LogP contribution >= 0.6 is 27.5 Å². The standard InChI is InChI=1S/C11H11BrClN3O3S/c1-6-8(5-17)11(15-14-6)20(18,19)16-7-2-3-9(12)10(13)4-7/h2-4,16-17H,5H2,1H3,(H,14,15). The van der Waals surface area contributed by atoms with Crippen LogP contribution < -0.4 is 4.72 Å². The second kappa shape index (κ2) is 5.72. The maximum atomic E-state index is 12.2. The molecule has 9 heteroatoms. The third-order valence-electron chi connectivity index (χ3n) is 2.62. The summed E-state index contributed by atoms with van der Waals surface area (Å²) in [5, 5.41) is 15.6. The Morgan fingerprint density at radius 1 is 1.50 bits per heavy atom. The van der Waals surface area contributed by atoms with Crippen molar-refractivity contribution in [1.82, 2.24) is 10.2 Å². The van der Waals surface area contributed by atoms with E-state index >= 15 is 0 Å². The summed E-state index contributed by atoms with van der Waals surface area (Å²) >= 11 is 9.13. The molecule has 0 unspecified atom stereocenters. The lowest BCUT2D eigenvalue weighted by atomic mass is 10.3. The quantitative estimate of drug-likeness (QED) is 0.759. The summed E-state index contributed by atoms with van der Waals surface area (Å²) in [6.07, 6.45) is 0. The van der Waals surface area contributed by atoms with Crippen molar-refractivity contribution in [2.24, 2.45) is 0 Å². The fraction of sp³-hybridized carbons (Fsp3) is 0.182. The number of hydrogen-bond donors (Lipinski definition) is 3. The fourth-order valence-electron chi connectivity index (χ4n) is 1.60.